The summed E-state index contributed by atoms with van der Waals surface area (Å²) in [7, 11) is 0. The summed E-state index contributed by atoms with van der Waals surface area (Å²) >= 11 is 1.63. The van der Waals surface area contributed by atoms with E-state index in [0.29, 0.717) is 5.56 Å². The number of aryl methyl sites for hydroxylation is 1. The van der Waals surface area contributed by atoms with Crippen LogP contribution < -0.4 is 0 Å². The molecule has 14 heavy (non-hydrogen) atoms. The predicted molar refractivity (Wildman–Crippen MR) is 59.3 cm³/mol. The van der Waals surface area contributed by atoms with Gasteiger partial charge in [0.05, 0.1) is 5.56 Å². The molecule has 0 aliphatic rings. The Bertz CT molecular complexity index is 372. The minimum absolute atomic E-state index is 0.0897. The first-order valence-electron chi connectivity index (χ1n) is 4.49. The van der Waals surface area contributed by atoms with Gasteiger partial charge in [-0.15, -0.1) is 0 Å². The van der Waals surface area contributed by atoms with Crippen LogP contribution in [0.3, 0.4) is 0 Å². The molecule has 74 valence electrons. The lowest BCUT2D eigenvalue weighted by atomic mass is 10.2. The summed E-state index contributed by atoms with van der Waals surface area (Å²) in [6.45, 7) is 8.28. The number of aromatic nitrogens is 1. The number of nitrogens with zero attached hydrogens (tertiary/aromatic N) is 2. The molecular weight excluding hydrogens is 192 g/mol. The number of nitriles is 1. The molecule has 1 aromatic heterocycles. The molecule has 0 aromatic carbocycles. The van der Waals surface area contributed by atoms with Crippen molar-refractivity contribution in [1.82, 2.24) is 4.98 Å². The molecule has 0 radical (unpaired) electrons. The van der Waals surface area contributed by atoms with E-state index in [4.69, 9.17) is 5.26 Å². The van der Waals surface area contributed by atoms with Gasteiger partial charge in [-0.3, -0.25) is 0 Å². The number of hydrogen-bond donors (Lipinski definition) is 0. The Labute approximate surface area is 89.4 Å². The molecule has 1 aromatic rings. The number of hydrogen-bond acceptors (Lipinski definition) is 3. The SMILES string of the molecule is Cc1ccnc(SC(C)(C)C)c1C#N. The Morgan fingerprint density at radius 2 is 2.07 bits per heavy atom. The molecule has 0 bridgehead atoms. The third kappa shape index (κ3) is 2.74. The Hall–Kier alpha value is -1.01. The normalized spacial score (nSPS) is 11.1. The highest BCUT2D eigenvalue weighted by molar-refractivity contribution is 8.00. The van der Waals surface area contributed by atoms with Gasteiger partial charge in [0.15, 0.2) is 0 Å². The maximum Gasteiger partial charge on any atom is 0.115 e. The van der Waals surface area contributed by atoms with Crippen LogP contribution in [0.5, 0.6) is 0 Å². The average molecular weight is 206 g/mol. The van der Waals surface area contributed by atoms with E-state index in [9.17, 15) is 0 Å². The summed E-state index contributed by atoms with van der Waals surface area (Å²) < 4.78 is 0.0897. The Morgan fingerprint density at radius 3 is 2.57 bits per heavy atom. The van der Waals surface area contributed by atoms with E-state index < -0.39 is 0 Å². The van der Waals surface area contributed by atoms with Crippen molar-refractivity contribution in [2.75, 3.05) is 0 Å². The molecule has 0 spiro atoms. The zero-order valence-corrected chi connectivity index (χ0v) is 9.77. The van der Waals surface area contributed by atoms with Gasteiger partial charge in [0, 0.05) is 10.9 Å². The van der Waals surface area contributed by atoms with Crippen LogP contribution in [0, 0.1) is 18.3 Å². The molecule has 2 nitrogen and oxygen atoms in total. The molecule has 1 rings (SSSR count). The van der Waals surface area contributed by atoms with E-state index in [1.807, 2.05) is 13.0 Å². The van der Waals surface area contributed by atoms with Gasteiger partial charge in [-0.1, -0.05) is 32.5 Å². The van der Waals surface area contributed by atoms with E-state index in [0.717, 1.165) is 10.6 Å². The second kappa shape index (κ2) is 4.02. The van der Waals surface area contributed by atoms with Crippen LogP contribution in [-0.2, 0) is 0 Å². The van der Waals surface area contributed by atoms with Gasteiger partial charge < -0.3 is 0 Å². The van der Waals surface area contributed by atoms with Crippen molar-refractivity contribution < 1.29 is 0 Å². The van der Waals surface area contributed by atoms with E-state index in [1.54, 1.807) is 18.0 Å². The van der Waals surface area contributed by atoms with Gasteiger partial charge in [0.25, 0.3) is 0 Å². The van der Waals surface area contributed by atoms with Crippen LogP contribution in [0.2, 0.25) is 0 Å². The fourth-order valence-corrected chi connectivity index (χ4v) is 2.04. The molecule has 3 heteroatoms. The molecule has 0 fully saturated rings. The van der Waals surface area contributed by atoms with E-state index >= 15 is 0 Å². The zero-order chi connectivity index (χ0) is 10.8. The summed E-state index contributed by atoms with van der Waals surface area (Å²) in [6.07, 6.45) is 1.75. The first kappa shape index (κ1) is 11.1. The highest BCUT2D eigenvalue weighted by atomic mass is 32.2. The lowest BCUT2D eigenvalue weighted by Crippen LogP contribution is -2.08. The molecule has 0 aliphatic carbocycles. The minimum Gasteiger partial charge on any atom is -0.249 e. The predicted octanol–water partition coefficient (Wildman–Crippen LogP) is 3.15. The zero-order valence-electron chi connectivity index (χ0n) is 8.96. The van der Waals surface area contributed by atoms with Gasteiger partial charge in [-0.2, -0.15) is 5.26 Å². The van der Waals surface area contributed by atoms with Crippen molar-refractivity contribution >= 4 is 11.8 Å². The van der Waals surface area contributed by atoms with Gasteiger partial charge in [-0.25, -0.2) is 4.98 Å². The first-order chi connectivity index (χ1) is 6.44. The van der Waals surface area contributed by atoms with Crippen LogP contribution in [0.15, 0.2) is 17.3 Å². The summed E-state index contributed by atoms with van der Waals surface area (Å²) in [5, 5.41) is 9.83. The van der Waals surface area contributed by atoms with Crippen molar-refractivity contribution in [1.29, 1.82) is 5.26 Å². The summed E-state index contributed by atoms with van der Waals surface area (Å²) in [5.74, 6) is 0. The molecule has 0 unspecified atom stereocenters. The monoisotopic (exact) mass is 206 g/mol. The minimum atomic E-state index is 0.0897. The number of thioether (sulfide) groups is 1. The van der Waals surface area contributed by atoms with Gasteiger partial charge in [0.1, 0.15) is 11.1 Å². The Balaban J connectivity index is 3.10. The maximum absolute atomic E-state index is 8.99. The molecule has 0 N–H and O–H groups in total. The summed E-state index contributed by atoms with van der Waals surface area (Å²) in [4.78, 5) is 4.24. The molecule has 0 saturated heterocycles. The maximum atomic E-state index is 8.99. The molecule has 0 aliphatic heterocycles. The largest absolute Gasteiger partial charge is 0.249 e. The highest BCUT2D eigenvalue weighted by Crippen LogP contribution is 2.33. The van der Waals surface area contributed by atoms with Gasteiger partial charge in [-0.05, 0) is 18.6 Å². The standard InChI is InChI=1S/C11H14N2S/c1-8-5-6-13-10(9(8)7-12)14-11(2,3)4/h5-6H,1-4H3. The van der Waals surface area contributed by atoms with Gasteiger partial charge in [0.2, 0.25) is 0 Å². The summed E-state index contributed by atoms with van der Waals surface area (Å²) in [5.41, 5.74) is 1.70. The second-order valence-electron chi connectivity index (χ2n) is 4.13. The molecule has 0 amide bonds. The quantitative estimate of drug-likeness (QED) is 0.662. The third-order valence-electron chi connectivity index (χ3n) is 1.64. The molecule has 0 atom stereocenters. The Kier molecular flexibility index (Phi) is 3.17. The topological polar surface area (TPSA) is 36.7 Å². The van der Waals surface area contributed by atoms with Crippen LogP contribution in [-0.4, -0.2) is 9.73 Å². The lowest BCUT2D eigenvalue weighted by molar-refractivity contribution is 0.798. The molecule has 1 heterocycles. The van der Waals surface area contributed by atoms with Crippen LogP contribution in [0.1, 0.15) is 31.9 Å². The van der Waals surface area contributed by atoms with E-state index in [-0.39, 0.29) is 4.75 Å². The smallest absolute Gasteiger partial charge is 0.115 e. The third-order valence-corrected chi connectivity index (χ3v) is 2.75. The average Bonchev–Trinajstić information content (AvgIpc) is 2.01. The van der Waals surface area contributed by atoms with Crippen molar-refractivity contribution in [3.63, 3.8) is 0 Å². The van der Waals surface area contributed by atoms with Crippen LogP contribution >= 0.6 is 11.8 Å². The molecular formula is C11H14N2S. The summed E-state index contributed by atoms with van der Waals surface area (Å²) in [6, 6.07) is 4.07. The Morgan fingerprint density at radius 1 is 1.43 bits per heavy atom. The second-order valence-corrected chi connectivity index (χ2v) is 5.95. The number of pyridine rings is 1. The van der Waals surface area contributed by atoms with Gasteiger partial charge >= 0.3 is 0 Å². The molecule has 0 saturated carbocycles. The van der Waals surface area contributed by atoms with Crippen LogP contribution in [0.4, 0.5) is 0 Å². The fraction of sp³-hybridized carbons (Fsp3) is 0.455. The van der Waals surface area contributed by atoms with E-state index in [2.05, 4.69) is 31.8 Å². The van der Waals surface area contributed by atoms with Crippen molar-refractivity contribution in [3.05, 3.63) is 23.4 Å². The fourth-order valence-electron chi connectivity index (χ4n) is 1.04. The first-order valence-corrected chi connectivity index (χ1v) is 5.30. The lowest BCUT2D eigenvalue weighted by Gasteiger charge is -2.17. The number of rotatable bonds is 1. The van der Waals surface area contributed by atoms with Crippen molar-refractivity contribution in [2.24, 2.45) is 0 Å². The van der Waals surface area contributed by atoms with E-state index in [1.165, 1.54) is 0 Å². The van der Waals surface area contributed by atoms with Crippen LogP contribution in [0.25, 0.3) is 0 Å². The van der Waals surface area contributed by atoms with Crippen molar-refractivity contribution in [3.8, 4) is 6.07 Å². The van der Waals surface area contributed by atoms with Crippen molar-refractivity contribution in [2.45, 2.75) is 37.5 Å². The highest BCUT2D eigenvalue weighted by Gasteiger charge is 2.16.